The molecule has 5 fully saturated rings. The van der Waals surface area contributed by atoms with Crippen LogP contribution in [0.2, 0.25) is 0 Å². The van der Waals surface area contributed by atoms with Crippen LogP contribution in [-0.2, 0) is 14.4 Å². The number of piperidine rings is 1. The molecule has 0 aromatic heterocycles. The fourth-order valence-corrected chi connectivity index (χ4v) is 7.90. The van der Waals surface area contributed by atoms with Crippen molar-refractivity contribution in [2.24, 2.45) is 22.7 Å². The Bertz CT molecular complexity index is 708. The molecule has 1 spiro atoms. The standard InChI is InChI=1S/C25H41N3O2.CH2O2/c1-20(29)28-18-22-24(9-10-25(22,19-28)23(30)27-13-5-6-14-27)11-15-26(16-12-24)17-21-7-3-2-4-8-21;2-1-3/h21-22H,2-19H2,1H3;1H,(H,2,3)/t22-,25+;/m0./s1. The van der Waals surface area contributed by atoms with E-state index in [4.69, 9.17) is 9.90 Å². The smallest absolute Gasteiger partial charge is 0.290 e. The van der Waals surface area contributed by atoms with Gasteiger partial charge in [0.15, 0.2) is 0 Å². The lowest BCUT2D eigenvalue weighted by molar-refractivity contribution is -0.143. The second-order valence-corrected chi connectivity index (χ2v) is 11.4. The van der Waals surface area contributed by atoms with E-state index in [2.05, 4.69) is 9.80 Å². The summed E-state index contributed by atoms with van der Waals surface area (Å²) in [5, 5.41) is 6.89. The highest BCUT2D eigenvalue weighted by Crippen LogP contribution is 2.62. The molecule has 3 heterocycles. The third-order valence-corrected chi connectivity index (χ3v) is 9.71. The monoisotopic (exact) mass is 461 g/mol. The molecule has 2 amide bonds. The zero-order valence-electron chi connectivity index (χ0n) is 20.5. The number of hydrogen-bond donors (Lipinski definition) is 1. The zero-order chi connectivity index (χ0) is 23.5. The topological polar surface area (TPSA) is 81.2 Å². The van der Waals surface area contributed by atoms with Crippen LogP contribution < -0.4 is 0 Å². The van der Waals surface area contributed by atoms with Crippen LogP contribution in [0, 0.1) is 22.7 Å². The number of carbonyl (C=O) groups excluding carboxylic acids is 2. The minimum atomic E-state index is -0.290. The molecule has 2 atom stereocenters. The third kappa shape index (κ3) is 4.80. The Morgan fingerprint density at radius 2 is 1.55 bits per heavy atom. The van der Waals surface area contributed by atoms with Gasteiger partial charge in [-0.15, -0.1) is 0 Å². The van der Waals surface area contributed by atoms with Crippen LogP contribution in [0.25, 0.3) is 0 Å². The summed E-state index contributed by atoms with van der Waals surface area (Å²) in [6.07, 6.45) is 14.1. The number of carbonyl (C=O) groups is 3. The second-order valence-electron chi connectivity index (χ2n) is 11.4. The van der Waals surface area contributed by atoms with Gasteiger partial charge in [-0.3, -0.25) is 14.4 Å². The first-order chi connectivity index (χ1) is 15.9. The van der Waals surface area contributed by atoms with Gasteiger partial charge in [0.1, 0.15) is 0 Å². The zero-order valence-corrected chi connectivity index (χ0v) is 20.5. The number of nitrogens with zero attached hydrogens (tertiary/aromatic N) is 3. The van der Waals surface area contributed by atoms with E-state index in [1.54, 1.807) is 6.92 Å². The van der Waals surface area contributed by atoms with Crippen molar-refractivity contribution in [1.82, 2.24) is 14.7 Å². The maximum Gasteiger partial charge on any atom is 0.290 e. The van der Waals surface area contributed by atoms with Crippen molar-refractivity contribution in [1.29, 1.82) is 0 Å². The molecular weight excluding hydrogens is 418 g/mol. The van der Waals surface area contributed by atoms with E-state index in [9.17, 15) is 9.59 Å². The van der Waals surface area contributed by atoms with Gasteiger partial charge in [0.25, 0.3) is 6.47 Å². The molecular formula is C26H43N3O4. The summed E-state index contributed by atoms with van der Waals surface area (Å²) < 4.78 is 0. The summed E-state index contributed by atoms with van der Waals surface area (Å²) in [5.41, 5.74) is -0.00972. The van der Waals surface area contributed by atoms with Crippen molar-refractivity contribution in [3.05, 3.63) is 0 Å². The fourth-order valence-electron chi connectivity index (χ4n) is 7.90. The minimum absolute atomic E-state index is 0.155. The molecule has 2 saturated carbocycles. The van der Waals surface area contributed by atoms with Crippen molar-refractivity contribution in [3.8, 4) is 0 Å². The highest BCUT2D eigenvalue weighted by molar-refractivity contribution is 5.86. The second kappa shape index (κ2) is 10.3. The van der Waals surface area contributed by atoms with E-state index >= 15 is 0 Å². The first-order valence-corrected chi connectivity index (χ1v) is 13.3. The van der Waals surface area contributed by atoms with Crippen LogP contribution in [0.4, 0.5) is 0 Å². The van der Waals surface area contributed by atoms with E-state index in [1.165, 1.54) is 71.0 Å². The number of amides is 2. The van der Waals surface area contributed by atoms with Gasteiger partial charge in [-0.2, -0.15) is 0 Å². The number of likely N-dealkylation sites (tertiary alicyclic amines) is 3. The number of carboxylic acid groups (broad SMARTS) is 1. The summed E-state index contributed by atoms with van der Waals surface area (Å²) in [6, 6.07) is 0. The Balaban J connectivity index is 0.000000821. The normalized spacial score (nSPS) is 31.8. The van der Waals surface area contributed by atoms with Crippen LogP contribution >= 0.6 is 0 Å². The first kappa shape index (κ1) is 24.5. The van der Waals surface area contributed by atoms with Gasteiger partial charge in [0, 0.05) is 39.6 Å². The van der Waals surface area contributed by atoms with Gasteiger partial charge in [-0.25, -0.2) is 0 Å². The Labute approximate surface area is 198 Å². The van der Waals surface area contributed by atoms with Gasteiger partial charge >= 0.3 is 0 Å². The van der Waals surface area contributed by atoms with Crippen LogP contribution in [0.1, 0.15) is 77.6 Å². The maximum atomic E-state index is 13.7. The summed E-state index contributed by atoms with van der Waals surface area (Å²) in [4.78, 5) is 41.3. The van der Waals surface area contributed by atoms with Crippen LogP contribution in [0.3, 0.4) is 0 Å². The molecule has 2 aliphatic carbocycles. The Hall–Kier alpha value is -1.63. The predicted molar refractivity (Wildman–Crippen MR) is 127 cm³/mol. The van der Waals surface area contributed by atoms with E-state index < -0.39 is 0 Å². The van der Waals surface area contributed by atoms with Crippen molar-refractivity contribution < 1.29 is 19.5 Å². The molecule has 0 radical (unpaired) electrons. The summed E-state index contributed by atoms with van der Waals surface area (Å²) in [7, 11) is 0. The van der Waals surface area contributed by atoms with Crippen molar-refractivity contribution in [3.63, 3.8) is 0 Å². The number of rotatable bonds is 3. The Kier molecular flexibility index (Phi) is 7.66. The van der Waals surface area contributed by atoms with E-state index in [0.29, 0.717) is 18.4 Å². The molecule has 0 unspecified atom stereocenters. The molecule has 3 saturated heterocycles. The Morgan fingerprint density at radius 3 is 2.15 bits per heavy atom. The first-order valence-electron chi connectivity index (χ1n) is 13.3. The molecule has 7 heteroatoms. The van der Waals surface area contributed by atoms with Gasteiger partial charge in [-0.1, -0.05) is 19.3 Å². The van der Waals surface area contributed by atoms with Gasteiger partial charge < -0.3 is 19.8 Å². The summed E-state index contributed by atoms with van der Waals surface area (Å²) in [5.74, 6) is 1.82. The van der Waals surface area contributed by atoms with Gasteiger partial charge in [0.2, 0.25) is 11.8 Å². The van der Waals surface area contributed by atoms with E-state index in [0.717, 1.165) is 44.8 Å². The lowest BCUT2D eigenvalue weighted by Crippen LogP contribution is -2.50. The highest BCUT2D eigenvalue weighted by atomic mass is 16.3. The van der Waals surface area contributed by atoms with Crippen molar-refractivity contribution >= 4 is 18.3 Å². The van der Waals surface area contributed by atoms with Crippen molar-refractivity contribution in [2.45, 2.75) is 77.6 Å². The third-order valence-electron chi connectivity index (χ3n) is 9.71. The average molecular weight is 462 g/mol. The SMILES string of the molecule is CC(=O)N1C[C@H]2C3(CCN(CC4CCCCC4)CC3)CC[C@@]2(C(=O)N2CCCC2)C1.O=CO. The molecule has 3 aliphatic heterocycles. The van der Waals surface area contributed by atoms with Gasteiger partial charge in [0.05, 0.1) is 5.41 Å². The number of hydrogen-bond acceptors (Lipinski definition) is 4. The molecule has 0 aromatic carbocycles. The molecule has 1 N–H and O–H groups in total. The largest absolute Gasteiger partial charge is 0.483 e. The minimum Gasteiger partial charge on any atom is -0.483 e. The highest BCUT2D eigenvalue weighted by Gasteiger charge is 2.65. The molecule has 0 bridgehead atoms. The van der Waals surface area contributed by atoms with Crippen molar-refractivity contribution in [2.75, 3.05) is 45.8 Å². The molecule has 5 aliphatic rings. The Morgan fingerprint density at radius 1 is 0.909 bits per heavy atom. The fraction of sp³-hybridized carbons (Fsp3) is 0.885. The lowest BCUT2D eigenvalue weighted by Gasteiger charge is -2.45. The quantitative estimate of drug-likeness (QED) is 0.653. The van der Waals surface area contributed by atoms with E-state index in [1.807, 2.05) is 4.90 Å². The van der Waals surface area contributed by atoms with Crippen LogP contribution in [0.5, 0.6) is 0 Å². The average Bonchev–Trinajstić information content (AvgIpc) is 3.54. The van der Waals surface area contributed by atoms with Gasteiger partial charge in [-0.05, 0) is 81.7 Å². The summed E-state index contributed by atoms with van der Waals surface area (Å²) in [6.45, 7) is 8.47. The molecule has 0 aromatic rings. The lowest BCUT2D eigenvalue weighted by atomic mass is 9.65. The summed E-state index contributed by atoms with van der Waals surface area (Å²) >= 11 is 0. The number of fused-ring (bicyclic) bond motifs is 2. The van der Waals surface area contributed by atoms with Crippen LogP contribution in [0.15, 0.2) is 0 Å². The molecule has 5 rings (SSSR count). The molecule has 33 heavy (non-hydrogen) atoms. The predicted octanol–water partition coefficient (Wildman–Crippen LogP) is 3.23. The van der Waals surface area contributed by atoms with E-state index in [-0.39, 0.29) is 23.2 Å². The van der Waals surface area contributed by atoms with Crippen LogP contribution in [-0.4, -0.2) is 83.9 Å². The molecule has 186 valence electrons. The molecule has 7 nitrogen and oxygen atoms in total. The maximum absolute atomic E-state index is 13.7.